The molecule has 0 aromatic heterocycles. The molecule has 6 nitrogen and oxygen atoms in total. The normalized spacial score (nSPS) is 21.7. The molecule has 0 saturated carbocycles. The molecule has 0 spiro atoms. The van der Waals surface area contributed by atoms with E-state index in [0.717, 1.165) is 40.0 Å². The van der Waals surface area contributed by atoms with E-state index in [1.165, 1.54) is 0 Å². The summed E-state index contributed by atoms with van der Waals surface area (Å²) in [5, 5.41) is 24.9. The summed E-state index contributed by atoms with van der Waals surface area (Å²) in [6, 6.07) is 2.24. The summed E-state index contributed by atoms with van der Waals surface area (Å²) >= 11 is 0. The first kappa shape index (κ1) is 20.9. The third-order valence-electron chi connectivity index (χ3n) is 6.14. The molecule has 1 N–H and O–H groups in total. The highest BCUT2D eigenvalue weighted by atomic mass is 16.6. The van der Waals surface area contributed by atoms with Crippen molar-refractivity contribution >= 4 is 11.5 Å². The molecule has 1 aliphatic heterocycles. The summed E-state index contributed by atoms with van der Waals surface area (Å²) in [7, 11) is 0. The van der Waals surface area contributed by atoms with Crippen molar-refractivity contribution in [1.29, 1.82) is 5.26 Å². The summed E-state index contributed by atoms with van der Waals surface area (Å²) in [4.78, 5) is 18.2. The number of hydrogen-bond donors (Lipinski definition) is 1. The van der Waals surface area contributed by atoms with Gasteiger partial charge in [0.2, 0.25) is 0 Å². The van der Waals surface area contributed by atoms with Crippen LogP contribution in [0.4, 0.5) is 0 Å². The highest BCUT2D eigenvalue weighted by molar-refractivity contribution is 6.23. The fourth-order valence-corrected chi connectivity index (χ4v) is 4.50. The van der Waals surface area contributed by atoms with Crippen molar-refractivity contribution in [1.82, 2.24) is 0 Å². The smallest absolute Gasteiger partial charge is 0.168 e. The summed E-state index contributed by atoms with van der Waals surface area (Å²) in [5.74, 6) is -0.750. The zero-order valence-corrected chi connectivity index (χ0v) is 17.8. The maximum absolute atomic E-state index is 13.1. The first-order valence-electron chi connectivity index (χ1n) is 10.2. The predicted molar refractivity (Wildman–Crippen MR) is 110 cm³/mol. The van der Waals surface area contributed by atoms with E-state index in [9.17, 15) is 15.2 Å². The molecule has 0 radical (unpaired) electrons. The Kier molecular flexibility index (Phi) is 5.97. The fourth-order valence-electron chi connectivity index (χ4n) is 4.50. The van der Waals surface area contributed by atoms with Crippen LogP contribution in [0.5, 0.6) is 5.75 Å². The first-order chi connectivity index (χ1) is 13.9. The van der Waals surface area contributed by atoms with E-state index in [1.807, 2.05) is 27.7 Å². The monoisotopic (exact) mass is 396 g/mol. The van der Waals surface area contributed by atoms with Gasteiger partial charge in [-0.05, 0) is 56.4 Å². The number of nitrogens with zero attached hydrogens (tertiary/aromatic N) is 2. The molecule has 29 heavy (non-hydrogen) atoms. The van der Waals surface area contributed by atoms with Gasteiger partial charge in [-0.1, -0.05) is 12.1 Å². The van der Waals surface area contributed by atoms with E-state index in [-0.39, 0.29) is 23.5 Å². The summed E-state index contributed by atoms with van der Waals surface area (Å²) in [6.07, 6.45) is 1.33. The molecule has 0 bridgehead atoms. The van der Waals surface area contributed by atoms with Gasteiger partial charge in [-0.15, -0.1) is 0 Å². The van der Waals surface area contributed by atoms with Crippen molar-refractivity contribution in [2.24, 2.45) is 11.1 Å². The van der Waals surface area contributed by atoms with Gasteiger partial charge >= 0.3 is 0 Å². The number of Topliss-reactive ketones (excluding diaryl/α,β-unsaturated/α-hetero) is 1. The lowest BCUT2D eigenvalue weighted by molar-refractivity contribution is -0.116. The molecule has 1 aromatic carbocycles. The van der Waals surface area contributed by atoms with Crippen molar-refractivity contribution in [2.45, 2.75) is 59.8 Å². The van der Waals surface area contributed by atoms with Gasteiger partial charge in [-0.3, -0.25) is 4.79 Å². The lowest BCUT2D eigenvalue weighted by Gasteiger charge is -2.31. The number of carbonyl (C=O) groups is 1. The number of oxime groups is 1. The number of nitriles is 1. The lowest BCUT2D eigenvalue weighted by atomic mass is 9.71. The highest BCUT2D eigenvalue weighted by Crippen LogP contribution is 2.47. The van der Waals surface area contributed by atoms with Crippen LogP contribution in [-0.2, 0) is 16.1 Å². The number of ether oxygens (including phenoxy) is 1. The van der Waals surface area contributed by atoms with Crippen LogP contribution in [0.15, 0.2) is 16.5 Å². The molecule has 0 saturated heterocycles. The molecule has 154 valence electrons. The van der Waals surface area contributed by atoms with E-state index >= 15 is 0 Å². The van der Waals surface area contributed by atoms with Gasteiger partial charge in [0.15, 0.2) is 5.78 Å². The van der Waals surface area contributed by atoms with E-state index in [1.54, 1.807) is 6.92 Å². The molecule has 1 heterocycles. The number of ketones is 1. The van der Waals surface area contributed by atoms with Crippen LogP contribution < -0.4 is 4.74 Å². The van der Waals surface area contributed by atoms with Crippen LogP contribution >= 0.6 is 0 Å². The minimum Gasteiger partial charge on any atom is -0.510 e. The Morgan fingerprint density at radius 3 is 2.62 bits per heavy atom. The summed E-state index contributed by atoms with van der Waals surface area (Å²) in [6.45, 7) is 10.7. The standard InChI is InChI=1S/C23H28N2O4/c1-6-18(25-29-7-2)21-19(26)10-16(17(11-24)22(21)27)20-13(4)12(3)14(5)23-15(20)8-9-28-23/h16-17,27H,6-10H2,1-5H3. The van der Waals surface area contributed by atoms with Crippen molar-refractivity contribution < 1.29 is 19.5 Å². The Morgan fingerprint density at radius 2 is 2.00 bits per heavy atom. The van der Waals surface area contributed by atoms with Crippen LogP contribution in [0.1, 0.15) is 60.4 Å². The Bertz CT molecular complexity index is 953. The number of benzene rings is 1. The van der Waals surface area contributed by atoms with E-state index in [4.69, 9.17) is 9.57 Å². The highest BCUT2D eigenvalue weighted by Gasteiger charge is 2.42. The SMILES string of the molecule is CCON=C(CC)C1=C(O)C(C#N)C(c2c(C)c(C)c(C)c3c2CCO3)CC1=O. The maximum atomic E-state index is 13.1. The number of hydrogen-bond acceptors (Lipinski definition) is 6. The minimum absolute atomic E-state index is 0.137. The van der Waals surface area contributed by atoms with Crippen molar-refractivity contribution in [3.05, 3.63) is 39.1 Å². The van der Waals surface area contributed by atoms with Gasteiger partial charge in [-0.25, -0.2) is 0 Å². The number of aliphatic hydroxyl groups is 1. The third kappa shape index (κ3) is 3.39. The Morgan fingerprint density at radius 1 is 1.28 bits per heavy atom. The van der Waals surface area contributed by atoms with Crippen molar-refractivity contribution in [3.63, 3.8) is 0 Å². The largest absolute Gasteiger partial charge is 0.510 e. The van der Waals surface area contributed by atoms with Gasteiger partial charge in [0.25, 0.3) is 0 Å². The van der Waals surface area contributed by atoms with Gasteiger partial charge in [-0.2, -0.15) is 5.26 Å². The maximum Gasteiger partial charge on any atom is 0.168 e. The molecule has 6 heteroatoms. The number of rotatable bonds is 5. The van der Waals surface area contributed by atoms with E-state index in [2.05, 4.69) is 11.2 Å². The zero-order chi connectivity index (χ0) is 21.3. The second kappa shape index (κ2) is 8.28. The summed E-state index contributed by atoms with van der Waals surface area (Å²) < 4.78 is 5.86. The molecule has 2 atom stereocenters. The number of carbonyl (C=O) groups excluding carboxylic acids is 1. The molecule has 3 rings (SSSR count). The first-order valence-corrected chi connectivity index (χ1v) is 10.2. The Labute approximate surface area is 171 Å². The van der Waals surface area contributed by atoms with E-state index in [0.29, 0.717) is 25.3 Å². The van der Waals surface area contributed by atoms with Gasteiger partial charge in [0, 0.05) is 24.3 Å². The zero-order valence-electron chi connectivity index (χ0n) is 17.8. The van der Waals surface area contributed by atoms with Gasteiger partial charge < -0.3 is 14.7 Å². The van der Waals surface area contributed by atoms with Crippen molar-refractivity contribution in [3.8, 4) is 11.8 Å². The number of fused-ring (bicyclic) bond motifs is 1. The number of allylic oxidation sites excluding steroid dienone is 2. The molecule has 2 unspecified atom stereocenters. The molecule has 0 fully saturated rings. The lowest BCUT2D eigenvalue weighted by Crippen LogP contribution is -2.31. The average Bonchev–Trinajstić information content (AvgIpc) is 3.18. The molecular weight excluding hydrogens is 368 g/mol. The van der Waals surface area contributed by atoms with Crippen LogP contribution in [-0.4, -0.2) is 29.8 Å². The predicted octanol–water partition coefficient (Wildman–Crippen LogP) is 4.36. The topological polar surface area (TPSA) is 91.9 Å². The molecule has 2 aliphatic rings. The average molecular weight is 396 g/mol. The second-order valence-electron chi connectivity index (χ2n) is 7.60. The third-order valence-corrected chi connectivity index (χ3v) is 6.14. The minimum atomic E-state index is -0.813. The second-order valence-corrected chi connectivity index (χ2v) is 7.60. The summed E-state index contributed by atoms with van der Waals surface area (Å²) in [5.41, 5.74) is 5.85. The van der Waals surface area contributed by atoms with Crippen LogP contribution in [0.2, 0.25) is 0 Å². The molecular formula is C23H28N2O4. The molecule has 0 amide bonds. The van der Waals surface area contributed by atoms with Crippen LogP contribution in [0.25, 0.3) is 0 Å². The quantitative estimate of drug-likeness (QED) is 0.590. The molecule has 1 aliphatic carbocycles. The molecule has 1 aromatic rings. The van der Waals surface area contributed by atoms with Gasteiger partial charge in [0.05, 0.1) is 24.0 Å². The number of aliphatic hydroxyl groups excluding tert-OH is 1. The Hall–Kier alpha value is -2.81. The Balaban J connectivity index is 2.16. The fraction of sp³-hybridized carbons (Fsp3) is 0.522. The van der Waals surface area contributed by atoms with Gasteiger partial charge in [0.1, 0.15) is 24.0 Å². The van der Waals surface area contributed by atoms with Crippen LogP contribution in [0, 0.1) is 38.0 Å². The van der Waals surface area contributed by atoms with Crippen LogP contribution in [0.3, 0.4) is 0 Å². The van der Waals surface area contributed by atoms with Crippen molar-refractivity contribution in [2.75, 3.05) is 13.2 Å². The van der Waals surface area contributed by atoms with E-state index < -0.39 is 11.8 Å².